The highest BCUT2D eigenvalue weighted by atomic mass is 16.5. The van der Waals surface area contributed by atoms with Crippen LogP contribution in [-0.4, -0.2) is 15.1 Å². The van der Waals surface area contributed by atoms with Gasteiger partial charge >= 0.3 is 0 Å². The van der Waals surface area contributed by atoms with Crippen molar-refractivity contribution in [2.24, 2.45) is 5.73 Å². The van der Waals surface area contributed by atoms with E-state index in [2.05, 4.69) is 15.1 Å². The van der Waals surface area contributed by atoms with Crippen LogP contribution in [0.1, 0.15) is 23.3 Å². The Morgan fingerprint density at radius 3 is 2.94 bits per heavy atom. The molecule has 0 aliphatic heterocycles. The molecule has 0 radical (unpaired) electrons. The van der Waals surface area contributed by atoms with Crippen LogP contribution in [0.25, 0.3) is 10.9 Å². The zero-order valence-corrected chi connectivity index (χ0v) is 9.87. The molecule has 18 heavy (non-hydrogen) atoms. The lowest BCUT2D eigenvalue weighted by atomic mass is 10.0. The van der Waals surface area contributed by atoms with Crippen molar-refractivity contribution in [1.29, 1.82) is 0 Å². The fourth-order valence-electron chi connectivity index (χ4n) is 1.88. The normalized spacial score (nSPS) is 12.8. The molecule has 0 fully saturated rings. The summed E-state index contributed by atoms with van der Waals surface area (Å²) in [4.78, 5) is 8.42. The van der Waals surface area contributed by atoms with E-state index in [0.29, 0.717) is 11.7 Å². The summed E-state index contributed by atoms with van der Waals surface area (Å²) >= 11 is 0. The van der Waals surface area contributed by atoms with Crippen LogP contribution in [0.3, 0.4) is 0 Å². The van der Waals surface area contributed by atoms with Crippen molar-refractivity contribution in [3.05, 3.63) is 53.8 Å². The maximum absolute atomic E-state index is 6.12. The van der Waals surface area contributed by atoms with E-state index < -0.39 is 0 Å². The van der Waals surface area contributed by atoms with Crippen LogP contribution in [0.4, 0.5) is 0 Å². The minimum Gasteiger partial charge on any atom is -0.340 e. The number of nitrogens with two attached hydrogens (primary N) is 1. The largest absolute Gasteiger partial charge is 0.340 e. The van der Waals surface area contributed by atoms with Gasteiger partial charge in [-0.3, -0.25) is 4.98 Å². The number of aryl methyl sites for hydroxylation is 1. The smallest absolute Gasteiger partial charge is 0.223 e. The van der Waals surface area contributed by atoms with Crippen LogP contribution in [-0.2, 0) is 0 Å². The standard InChI is InChI=1S/C13H12N4O/c1-8-16-13(17-18-8)12(14)10-4-5-11-9(7-10)3-2-6-15-11/h2-7,12H,14H2,1H3. The van der Waals surface area contributed by atoms with Crippen molar-refractivity contribution < 1.29 is 4.52 Å². The van der Waals surface area contributed by atoms with Gasteiger partial charge in [0.1, 0.15) is 0 Å². The molecule has 1 unspecified atom stereocenters. The molecule has 0 aliphatic carbocycles. The van der Waals surface area contributed by atoms with Gasteiger partial charge in [-0.05, 0) is 23.8 Å². The molecule has 0 saturated carbocycles. The molecule has 5 nitrogen and oxygen atoms in total. The van der Waals surface area contributed by atoms with Gasteiger partial charge in [-0.2, -0.15) is 4.98 Å². The quantitative estimate of drug-likeness (QED) is 0.741. The summed E-state index contributed by atoms with van der Waals surface area (Å²) < 4.78 is 4.94. The zero-order valence-electron chi connectivity index (χ0n) is 9.87. The molecule has 1 atom stereocenters. The summed E-state index contributed by atoms with van der Waals surface area (Å²) in [7, 11) is 0. The summed E-state index contributed by atoms with van der Waals surface area (Å²) in [5.74, 6) is 1.01. The number of pyridine rings is 1. The molecule has 3 rings (SSSR count). The second-order valence-corrected chi connectivity index (χ2v) is 4.10. The Balaban J connectivity index is 2.03. The molecule has 0 spiro atoms. The minimum atomic E-state index is -0.382. The van der Waals surface area contributed by atoms with Gasteiger partial charge in [0, 0.05) is 18.5 Å². The SMILES string of the molecule is Cc1nc(C(N)c2ccc3ncccc3c2)no1. The van der Waals surface area contributed by atoms with Gasteiger partial charge in [0.25, 0.3) is 0 Å². The van der Waals surface area contributed by atoms with Crippen LogP contribution < -0.4 is 5.73 Å². The molecule has 0 amide bonds. The Morgan fingerprint density at radius 1 is 1.28 bits per heavy atom. The van der Waals surface area contributed by atoms with Gasteiger partial charge in [0.15, 0.2) is 5.82 Å². The molecule has 0 saturated heterocycles. The number of hydrogen-bond acceptors (Lipinski definition) is 5. The number of hydrogen-bond donors (Lipinski definition) is 1. The predicted molar refractivity (Wildman–Crippen MR) is 66.8 cm³/mol. The van der Waals surface area contributed by atoms with E-state index in [-0.39, 0.29) is 6.04 Å². The van der Waals surface area contributed by atoms with E-state index in [1.54, 1.807) is 13.1 Å². The second kappa shape index (κ2) is 4.19. The van der Waals surface area contributed by atoms with E-state index in [0.717, 1.165) is 16.5 Å². The highest BCUT2D eigenvalue weighted by Gasteiger charge is 2.15. The number of nitrogens with zero attached hydrogens (tertiary/aromatic N) is 3. The molecule has 0 bridgehead atoms. The lowest BCUT2D eigenvalue weighted by Gasteiger charge is -2.08. The highest BCUT2D eigenvalue weighted by Crippen LogP contribution is 2.21. The molecule has 90 valence electrons. The highest BCUT2D eigenvalue weighted by molar-refractivity contribution is 5.79. The van der Waals surface area contributed by atoms with Gasteiger partial charge in [0.2, 0.25) is 5.89 Å². The molecule has 1 aromatic carbocycles. The zero-order chi connectivity index (χ0) is 12.5. The summed E-state index contributed by atoms with van der Waals surface area (Å²) in [6.45, 7) is 1.74. The third-order valence-corrected chi connectivity index (χ3v) is 2.81. The Hall–Kier alpha value is -2.27. The molecule has 5 heteroatoms. The van der Waals surface area contributed by atoms with Gasteiger partial charge in [0.05, 0.1) is 11.6 Å². The summed E-state index contributed by atoms with van der Waals surface area (Å²) in [6, 6.07) is 9.39. The fourth-order valence-corrected chi connectivity index (χ4v) is 1.88. The first-order valence-corrected chi connectivity index (χ1v) is 5.64. The lowest BCUT2D eigenvalue weighted by Crippen LogP contribution is -2.13. The van der Waals surface area contributed by atoms with E-state index >= 15 is 0 Å². The van der Waals surface area contributed by atoms with E-state index in [1.807, 2.05) is 30.3 Å². The number of fused-ring (bicyclic) bond motifs is 1. The van der Waals surface area contributed by atoms with E-state index in [1.165, 1.54) is 0 Å². The molecule has 2 N–H and O–H groups in total. The van der Waals surface area contributed by atoms with Crippen LogP contribution in [0.5, 0.6) is 0 Å². The number of aromatic nitrogens is 3. The molecule has 3 aromatic rings. The van der Waals surface area contributed by atoms with Crippen LogP contribution in [0, 0.1) is 6.92 Å². The topological polar surface area (TPSA) is 77.8 Å². The van der Waals surface area contributed by atoms with Crippen LogP contribution >= 0.6 is 0 Å². The van der Waals surface area contributed by atoms with Gasteiger partial charge < -0.3 is 10.3 Å². The second-order valence-electron chi connectivity index (χ2n) is 4.10. The minimum absolute atomic E-state index is 0.382. The van der Waals surface area contributed by atoms with Crippen molar-refractivity contribution in [2.75, 3.05) is 0 Å². The average molecular weight is 240 g/mol. The van der Waals surface area contributed by atoms with Crippen molar-refractivity contribution in [3.63, 3.8) is 0 Å². The first kappa shape index (κ1) is 10.9. The molecule has 2 heterocycles. The summed E-state index contributed by atoms with van der Waals surface area (Å²) in [5.41, 5.74) is 8.00. The van der Waals surface area contributed by atoms with Crippen LogP contribution in [0.15, 0.2) is 41.1 Å². The Kier molecular flexibility index (Phi) is 2.53. The van der Waals surface area contributed by atoms with Crippen molar-refractivity contribution in [3.8, 4) is 0 Å². The van der Waals surface area contributed by atoms with Crippen LogP contribution in [0.2, 0.25) is 0 Å². The average Bonchev–Trinajstić information content (AvgIpc) is 2.84. The Labute approximate surface area is 104 Å². The van der Waals surface area contributed by atoms with E-state index in [9.17, 15) is 0 Å². The maximum Gasteiger partial charge on any atom is 0.223 e. The third-order valence-electron chi connectivity index (χ3n) is 2.81. The Morgan fingerprint density at radius 2 is 2.17 bits per heavy atom. The lowest BCUT2D eigenvalue weighted by molar-refractivity contribution is 0.385. The van der Waals surface area contributed by atoms with Gasteiger partial charge in [-0.15, -0.1) is 0 Å². The summed E-state index contributed by atoms with van der Waals surface area (Å²) in [5, 5.41) is 4.89. The molecular weight excluding hydrogens is 228 g/mol. The first-order chi connectivity index (χ1) is 8.74. The number of rotatable bonds is 2. The van der Waals surface area contributed by atoms with Gasteiger partial charge in [-0.1, -0.05) is 17.3 Å². The number of benzene rings is 1. The van der Waals surface area contributed by atoms with Crippen molar-refractivity contribution in [2.45, 2.75) is 13.0 Å². The van der Waals surface area contributed by atoms with E-state index in [4.69, 9.17) is 10.3 Å². The molecule has 0 aliphatic rings. The van der Waals surface area contributed by atoms with Crippen molar-refractivity contribution in [1.82, 2.24) is 15.1 Å². The monoisotopic (exact) mass is 240 g/mol. The van der Waals surface area contributed by atoms with Crippen molar-refractivity contribution >= 4 is 10.9 Å². The predicted octanol–water partition coefficient (Wildman–Crippen LogP) is 1.97. The molecular formula is C13H12N4O. The Bertz CT molecular complexity index is 692. The fraction of sp³-hybridized carbons (Fsp3) is 0.154. The van der Waals surface area contributed by atoms with Gasteiger partial charge in [-0.25, -0.2) is 0 Å². The maximum atomic E-state index is 6.12. The first-order valence-electron chi connectivity index (χ1n) is 5.64. The molecule has 2 aromatic heterocycles. The summed E-state index contributed by atoms with van der Waals surface area (Å²) in [6.07, 6.45) is 1.77. The third kappa shape index (κ3) is 1.84.